The third-order valence-corrected chi connectivity index (χ3v) is 5.97. The van der Waals surface area contributed by atoms with E-state index in [0.717, 1.165) is 18.4 Å². The highest BCUT2D eigenvalue weighted by Gasteiger charge is 2.34. The third-order valence-electron chi connectivity index (χ3n) is 5.97. The summed E-state index contributed by atoms with van der Waals surface area (Å²) >= 11 is 0. The van der Waals surface area contributed by atoms with E-state index in [9.17, 15) is 9.59 Å². The molecular formula is C24H27N3O4. The molecule has 3 aromatic rings. The lowest BCUT2D eigenvalue weighted by Gasteiger charge is -2.25. The fraction of sp³-hybridized carbons (Fsp3) is 0.375. The van der Waals surface area contributed by atoms with Crippen molar-refractivity contribution in [2.24, 2.45) is 5.92 Å². The summed E-state index contributed by atoms with van der Waals surface area (Å²) in [4.78, 5) is 31.5. The van der Waals surface area contributed by atoms with Gasteiger partial charge in [0.15, 0.2) is 5.58 Å². The van der Waals surface area contributed by atoms with Crippen molar-refractivity contribution >= 4 is 22.9 Å². The molecule has 0 aliphatic heterocycles. The molecule has 0 saturated heterocycles. The molecule has 2 amide bonds. The Morgan fingerprint density at radius 3 is 2.77 bits per heavy atom. The molecule has 1 N–H and O–H groups in total. The van der Waals surface area contributed by atoms with Gasteiger partial charge in [-0.2, -0.15) is 0 Å². The summed E-state index contributed by atoms with van der Waals surface area (Å²) in [6.45, 7) is 2.54. The van der Waals surface area contributed by atoms with Crippen LogP contribution >= 0.6 is 0 Å². The van der Waals surface area contributed by atoms with E-state index in [4.69, 9.17) is 9.15 Å². The predicted octanol–water partition coefficient (Wildman–Crippen LogP) is 3.88. The SMILES string of the molecule is CCNC(=O)C1CCC(N(C)C(=O)c2ccc(-c3nc4ccccc4o3)c(OC)c2)C1. The molecule has 31 heavy (non-hydrogen) atoms. The number of amides is 2. The molecule has 1 heterocycles. The summed E-state index contributed by atoms with van der Waals surface area (Å²) in [5, 5.41) is 2.88. The summed E-state index contributed by atoms with van der Waals surface area (Å²) in [6, 6.07) is 12.9. The topological polar surface area (TPSA) is 84.7 Å². The monoisotopic (exact) mass is 421 g/mol. The van der Waals surface area contributed by atoms with Gasteiger partial charge in [0.1, 0.15) is 11.3 Å². The van der Waals surface area contributed by atoms with E-state index in [2.05, 4.69) is 10.3 Å². The Hall–Kier alpha value is -3.35. The van der Waals surface area contributed by atoms with Gasteiger partial charge >= 0.3 is 0 Å². The van der Waals surface area contributed by atoms with Crippen LogP contribution in [0.15, 0.2) is 46.9 Å². The number of benzene rings is 2. The molecule has 7 heteroatoms. The summed E-state index contributed by atoms with van der Waals surface area (Å²) < 4.78 is 11.4. The molecule has 1 aliphatic carbocycles. The number of carbonyl (C=O) groups excluding carboxylic acids is 2. The van der Waals surface area contributed by atoms with Gasteiger partial charge in [-0.05, 0) is 56.5 Å². The maximum Gasteiger partial charge on any atom is 0.253 e. The molecule has 2 atom stereocenters. The molecule has 0 spiro atoms. The van der Waals surface area contributed by atoms with Crippen molar-refractivity contribution in [3.05, 3.63) is 48.0 Å². The highest BCUT2D eigenvalue weighted by Crippen LogP contribution is 2.34. The van der Waals surface area contributed by atoms with Crippen LogP contribution in [0.5, 0.6) is 5.75 Å². The van der Waals surface area contributed by atoms with Crippen LogP contribution in [0.25, 0.3) is 22.6 Å². The fourth-order valence-electron chi connectivity index (χ4n) is 4.22. The second kappa shape index (κ2) is 8.79. The quantitative estimate of drug-likeness (QED) is 0.653. The number of para-hydroxylation sites is 2. The van der Waals surface area contributed by atoms with Gasteiger partial charge in [-0.15, -0.1) is 0 Å². The van der Waals surface area contributed by atoms with Gasteiger partial charge in [-0.25, -0.2) is 4.98 Å². The molecule has 2 unspecified atom stereocenters. The van der Waals surface area contributed by atoms with Gasteiger partial charge in [0.25, 0.3) is 5.91 Å². The van der Waals surface area contributed by atoms with Crippen molar-refractivity contribution in [2.45, 2.75) is 32.2 Å². The third kappa shape index (κ3) is 4.13. The van der Waals surface area contributed by atoms with E-state index in [-0.39, 0.29) is 23.8 Å². The number of fused-ring (bicyclic) bond motifs is 1. The molecule has 4 rings (SSSR count). The number of methoxy groups -OCH3 is 1. The predicted molar refractivity (Wildman–Crippen MR) is 118 cm³/mol. The lowest BCUT2D eigenvalue weighted by molar-refractivity contribution is -0.124. The van der Waals surface area contributed by atoms with Gasteiger partial charge in [0.05, 0.1) is 12.7 Å². The molecular weight excluding hydrogens is 394 g/mol. The van der Waals surface area contributed by atoms with Crippen molar-refractivity contribution in [1.29, 1.82) is 0 Å². The minimum Gasteiger partial charge on any atom is -0.496 e. The highest BCUT2D eigenvalue weighted by atomic mass is 16.5. The van der Waals surface area contributed by atoms with Crippen molar-refractivity contribution in [3.8, 4) is 17.2 Å². The molecule has 1 fully saturated rings. The van der Waals surface area contributed by atoms with Crippen LogP contribution in [0.4, 0.5) is 0 Å². The van der Waals surface area contributed by atoms with E-state index >= 15 is 0 Å². The zero-order valence-corrected chi connectivity index (χ0v) is 18.1. The minimum absolute atomic E-state index is 0.0312. The summed E-state index contributed by atoms with van der Waals surface area (Å²) in [6.07, 6.45) is 2.31. The maximum absolute atomic E-state index is 13.1. The second-order valence-electron chi connectivity index (χ2n) is 7.88. The summed E-state index contributed by atoms with van der Waals surface area (Å²) in [5.74, 6) is 0.929. The Kier molecular flexibility index (Phi) is 5.93. The van der Waals surface area contributed by atoms with Crippen molar-refractivity contribution in [1.82, 2.24) is 15.2 Å². The van der Waals surface area contributed by atoms with Crippen molar-refractivity contribution in [2.75, 3.05) is 20.7 Å². The van der Waals surface area contributed by atoms with Gasteiger partial charge in [0.2, 0.25) is 11.8 Å². The minimum atomic E-state index is -0.0936. The number of aromatic nitrogens is 1. The van der Waals surface area contributed by atoms with Crippen LogP contribution in [-0.4, -0.2) is 48.4 Å². The van der Waals surface area contributed by atoms with Crippen LogP contribution in [0.3, 0.4) is 0 Å². The maximum atomic E-state index is 13.1. The average molecular weight is 421 g/mol. The zero-order valence-electron chi connectivity index (χ0n) is 18.1. The Balaban J connectivity index is 1.53. The molecule has 2 aromatic carbocycles. The number of ether oxygens (including phenoxy) is 1. The van der Waals surface area contributed by atoms with E-state index < -0.39 is 0 Å². The van der Waals surface area contributed by atoms with Crippen molar-refractivity contribution in [3.63, 3.8) is 0 Å². The Bertz CT molecular complexity index is 1070. The molecule has 0 radical (unpaired) electrons. The lowest BCUT2D eigenvalue weighted by atomic mass is 10.1. The smallest absolute Gasteiger partial charge is 0.253 e. The first kappa shape index (κ1) is 20.9. The van der Waals surface area contributed by atoms with Crippen LogP contribution in [0, 0.1) is 5.92 Å². The Morgan fingerprint density at radius 1 is 1.23 bits per heavy atom. The molecule has 1 saturated carbocycles. The first-order valence-electron chi connectivity index (χ1n) is 10.6. The number of rotatable bonds is 6. The van der Waals surface area contributed by atoms with Gasteiger partial charge in [-0.3, -0.25) is 9.59 Å². The fourth-order valence-corrected chi connectivity index (χ4v) is 4.22. The van der Waals surface area contributed by atoms with Crippen LogP contribution in [0.1, 0.15) is 36.5 Å². The van der Waals surface area contributed by atoms with E-state index in [1.807, 2.05) is 31.2 Å². The number of hydrogen-bond acceptors (Lipinski definition) is 5. The lowest BCUT2D eigenvalue weighted by Crippen LogP contribution is -2.36. The van der Waals surface area contributed by atoms with E-state index in [0.29, 0.717) is 41.3 Å². The standard InChI is InChI=1S/C24H27N3O4/c1-4-25-22(28)15-9-11-17(13-15)27(2)24(29)16-10-12-18(21(14-16)30-3)23-26-19-7-5-6-8-20(19)31-23/h5-8,10,12,14-15,17H,4,9,11,13H2,1-3H3,(H,25,28). The molecule has 1 aliphatic rings. The van der Waals surface area contributed by atoms with Gasteiger partial charge in [-0.1, -0.05) is 12.1 Å². The van der Waals surface area contributed by atoms with E-state index in [1.54, 1.807) is 37.3 Å². The van der Waals surface area contributed by atoms with Crippen LogP contribution in [0.2, 0.25) is 0 Å². The molecule has 0 bridgehead atoms. The molecule has 162 valence electrons. The van der Waals surface area contributed by atoms with Gasteiger partial charge in [0, 0.05) is 31.1 Å². The second-order valence-corrected chi connectivity index (χ2v) is 7.88. The largest absolute Gasteiger partial charge is 0.496 e. The zero-order chi connectivity index (χ0) is 22.0. The summed E-state index contributed by atoms with van der Waals surface area (Å²) in [7, 11) is 3.36. The molecule has 7 nitrogen and oxygen atoms in total. The van der Waals surface area contributed by atoms with Crippen molar-refractivity contribution < 1.29 is 18.7 Å². The number of carbonyl (C=O) groups is 2. The van der Waals surface area contributed by atoms with Gasteiger partial charge < -0.3 is 19.4 Å². The van der Waals surface area contributed by atoms with Crippen LogP contribution in [-0.2, 0) is 4.79 Å². The Labute approximate surface area is 181 Å². The van der Waals surface area contributed by atoms with Crippen LogP contribution < -0.4 is 10.1 Å². The summed E-state index contributed by atoms with van der Waals surface area (Å²) in [5.41, 5.74) is 2.68. The molecule has 1 aromatic heterocycles. The number of nitrogens with one attached hydrogen (secondary N) is 1. The normalized spacial score (nSPS) is 18.2. The first-order chi connectivity index (χ1) is 15.0. The Morgan fingerprint density at radius 2 is 2.03 bits per heavy atom. The van der Waals surface area contributed by atoms with E-state index in [1.165, 1.54) is 0 Å². The number of oxazole rings is 1. The number of hydrogen-bond donors (Lipinski definition) is 1. The highest BCUT2D eigenvalue weighted by molar-refractivity contribution is 5.95. The number of nitrogens with zero attached hydrogens (tertiary/aromatic N) is 2. The first-order valence-corrected chi connectivity index (χ1v) is 10.6. The average Bonchev–Trinajstić information content (AvgIpc) is 3.45.